The van der Waals surface area contributed by atoms with Crippen molar-refractivity contribution in [1.82, 2.24) is 14.6 Å². The summed E-state index contributed by atoms with van der Waals surface area (Å²) in [7, 11) is 1.63. The monoisotopic (exact) mass is 565 g/mol. The first-order chi connectivity index (χ1) is 19.1. The molecular weight excluding hydrogens is 535 g/mol. The molecule has 2 fully saturated rings. The number of nitrogens with zero attached hydrogens (tertiary/aromatic N) is 5. The number of carbonyl (C=O) groups is 2. The van der Waals surface area contributed by atoms with E-state index in [1.807, 2.05) is 30.5 Å². The first-order valence-electron chi connectivity index (χ1n) is 12.5. The van der Waals surface area contributed by atoms with Crippen LogP contribution in [0.3, 0.4) is 0 Å². The Balaban J connectivity index is 0.000000470. The predicted octanol–water partition coefficient (Wildman–Crippen LogP) is 2.39. The average molecular weight is 566 g/mol. The normalized spacial score (nSPS) is 17.7. The number of ether oxygens (including phenoxy) is 2. The van der Waals surface area contributed by atoms with Crippen molar-refractivity contribution >= 4 is 34.7 Å². The summed E-state index contributed by atoms with van der Waals surface area (Å²) in [5.74, 6) is -1.51. The molecule has 3 aromatic rings. The smallest absolute Gasteiger partial charge is 0.490 e. The predicted molar refractivity (Wildman–Crippen MR) is 140 cm³/mol. The van der Waals surface area contributed by atoms with E-state index < -0.39 is 12.1 Å². The number of hydrogen-bond acceptors (Lipinski definition) is 9. The quantitative estimate of drug-likeness (QED) is 0.421. The lowest BCUT2D eigenvalue weighted by molar-refractivity contribution is -0.192. The zero-order valence-corrected chi connectivity index (χ0v) is 21.7. The van der Waals surface area contributed by atoms with E-state index in [-0.39, 0.29) is 11.9 Å². The van der Waals surface area contributed by atoms with Crippen molar-refractivity contribution in [3.63, 3.8) is 0 Å². The molecule has 0 unspecified atom stereocenters. The molecule has 2 aliphatic heterocycles. The molecule has 12 nitrogen and oxygen atoms in total. The number of methoxy groups -OCH3 is 1. The van der Waals surface area contributed by atoms with E-state index in [4.69, 9.17) is 30.1 Å². The number of aromatic nitrogens is 3. The Kier molecular flexibility index (Phi) is 8.94. The molecule has 5 rings (SSSR count). The highest BCUT2D eigenvalue weighted by Crippen LogP contribution is 2.32. The summed E-state index contributed by atoms with van der Waals surface area (Å²) in [6.45, 7) is 4.65. The van der Waals surface area contributed by atoms with E-state index in [0.717, 1.165) is 50.5 Å². The number of halogens is 3. The number of anilines is 3. The molecule has 1 atom stereocenters. The molecule has 2 aromatic heterocycles. The van der Waals surface area contributed by atoms with E-state index in [1.165, 1.54) is 0 Å². The molecule has 0 aliphatic carbocycles. The molecular formula is C25H30F3N7O5. The van der Waals surface area contributed by atoms with Gasteiger partial charge in [-0.05, 0) is 31.0 Å². The number of amides is 1. The fourth-order valence-electron chi connectivity index (χ4n) is 4.43. The third-order valence-corrected chi connectivity index (χ3v) is 6.41. The molecule has 4 heterocycles. The number of carboxylic acid groups (broad SMARTS) is 1. The van der Waals surface area contributed by atoms with Gasteiger partial charge in [-0.25, -0.2) is 14.3 Å². The number of hydrogen-bond donors (Lipinski definition) is 3. The van der Waals surface area contributed by atoms with E-state index in [2.05, 4.69) is 20.2 Å². The van der Waals surface area contributed by atoms with Crippen molar-refractivity contribution in [2.75, 3.05) is 61.6 Å². The highest BCUT2D eigenvalue weighted by atomic mass is 19.4. The molecule has 0 radical (unpaired) electrons. The van der Waals surface area contributed by atoms with E-state index in [0.29, 0.717) is 35.9 Å². The maximum Gasteiger partial charge on any atom is 0.490 e. The second-order valence-electron chi connectivity index (χ2n) is 9.20. The molecule has 15 heteroatoms. The van der Waals surface area contributed by atoms with Crippen LogP contribution < -0.4 is 25.6 Å². The largest absolute Gasteiger partial charge is 0.495 e. The van der Waals surface area contributed by atoms with Crippen LogP contribution >= 0.6 is 0 Å². The summed E-state index contributed by atoms with van der Waals surface area (Å²) >= 11 is 0. The van der Waals surface area contributed by atoms with Crippen LogP contribution in [0.25, 0.3) is 5.65 Å². The Morgan fingerprint density at radius 3 is 2.55 bits per heavy atom. The van der Waals surface area contributed by atoms with Gasteiger partial charge in [-0.3, -0.25) is 4.79 Å². The van der Waals surface area contributed by atoms with Crippen LogP contribution in [-0.4, -0.2) is 90.3 Å². The van der Waals surface area contributed by atoms with E-state index >= 15 is 0 Å². The van der Waals surface area contributed by atoms with Crippen LogP contribution in [-0.2, 0) is 9.53 Å². The van der Waals surface area contributed by atoms with Gasteiger partial charge in [0.2, 0.25) is 0 Å². The third kappa shape index (κ3) is 6.90. The van der Waals surface area contributed by atoms with Crippen LogP contribution in [0.1, 0.15) is 23.2 Å². The topological polar surface area (TPSA) is 148 Å². The number of nitrogens with one attached hydrogen (secondary N) is 1. The van der Waals surface area contributed by atoms with Gasteiger partial charge >= 0.3 is 12.1 Å². The first kappa shape index (κ1) is 28.9. The molecule has 1 amide bonds. The molecule has 0 saturated carbocycles. The fraction of sp³-hybridized carbons (Fsp3) is 0.440. The summed E-state index contributed by atoms with van der Waals surface area (Å²) in [6.07, 6.45) is 0.341. The van der Waals surface area contributed by atoms with Gasteiger partial charge in [0.05, 0.1) is 32.2 Å². The van der Waals surface area contributed by atoms with Gasteiger partial charge in [0, 0.05) is 50.2 Å². The molecule has 0 bridgehead atoms. The zero-order chi connectivity index (χ0) is 28.9. The van der Waals surface area contributed by atoms with Crippen LogP contribution in [0.15, 0.2) is 36.7 Å². The molecule has 1 aromatic carbocycles. The van der Waals surface area contributed by atoms with Crippen molar-refractivity contribution in [3.8, 4) is 5.75 Å². The number of nitrogens with two attached hydrogens (primary N) is 1. The third-order valence-electron chi connectivity index (χ3n) is 6.41. The minimum Gasteiger partial charge on any atom is -0.495 e. The minimum atomic E-state index is -5.08. The summed E-state index contributed by atoms with van der Waals surface area (Å²) in [5.41, 5.74) is 8.69. The number of piperidine rings is 1. The first-order valence-corrected chi connectivity index (χ1v) is 12.5. The lowest BCUT2D eigenvalue weighted by Crippen LogP contribution is -2.43. The fourth-order valence-corrected chi connectivity index (χ4v) is 4.43. The zero-order valence-electron chi connectivity index (χ0n) is 21.7. The van der Waals surface area contributed by atoms with E-state index in [1.54, 1.807) is 17.8 Å². The van der Waals surface area contributed by atoms with Crippen LogP contribution in [0.4, 0.5) is 30.4 Å². The van der Waals surface area contributed by atoms with E-state index in [9.17, 15) is 18.0 Å². The van der Waals surface area contributed by atoms with Gasteiger partial charge in [0.1, 0.15) is 17.1 Å². The second-order valence-corrected chi connectivity index (χ2v) is 9.20. The number of aliphatic carboxylic acids is 1. The van der Waals surface area contributed by atoms with Crippen LogP contribution in [0.2, 0.25) is 0 Å². The number of benzene rings is 1. The van der Waals surface area contributed by atoms with Crippen LogP contribution in [0.5, 0.6) is 5.75 Å². The molecule has 216 valence electrons. The van der Waals surface area contributed by atoms with Gasteiger partial charge in [-0.1, -0.05) is 0 Å². The number of carbonyl (C=O) groups excluding carboxylic acids is 1. The SMILES string of the molecule is COc1cc(NC(=O)c2cnn3ccc(N4CCC[C@@H](N)C4)nc23)ccc1N1CCOCC1.O=C(O)C(F)(F)F. The molecule has 2 aliphatic rings. The maximum absolute atomic E-state index is 13.1. The number of carboxylic acids is 1. The number of morpholine rings is 1. The molecule has 40 heavy (non-hydrogen) atoms. The summed E-state index contributed by atoms with van der Waals surface area (Å²) in [4.78, 5) is 31.1. The Labute approximate surface area is 227 Å². The summed E-state index contributed by atoms with van der Waals surface area (Å²) < 4.78 is 44.4. The van der Waals surface area contributed by atoms with Crippen LogP contribution in [0, 0.1) is 0 Å². The lowest BCUT2D eigenvalue weighted by atomic mass is 10.1. The summed E-state index contributed by atoms with van der Waals surface area (Å²) in [6, 6.07) is 7.73. The average Bonchev–Trinajstić information content (AvgIpc) is 3.37. The minimum absolute atomic E-state index is 0.139. The van der Waals surface area contributed by atoms with Crippen molar-refractivity contribution in [2.45, 2.75) is 25.1 Å². The molecule has 0 spiro atoms. The van der Waals surface area contributed by atoms with Gasteiger partial charge in [0.25, 0.3) is 5.91 Å². The standard InChI is InChI=1S/C23H29N7O3.C2HF3O2/c1-32-20-13-17(4-5-19(20)28-9-11-33-12-10-28)26-23(31)18-14-25-30-8-6-21(27-22(18)30)29-7-2-3-16(24)15-29;3-2(4,5)1(6)7/h4-6,8,13-14,16H,2-3,7,9-12,15,24H2,1H3,(H,26,31);(H,6,7)/t16-;/m1./s1. The highest BCUT2D eigenvalue weighted by molar-refractivity contribution is 6.08. The Bertz CT molecular complexity index is 1340. The van der Waals surface area contributed by atoms with Gasteiger partial charge in [-0.15, -0.1) is 0 Å². The Morgan fingerprint density at radius 2 is 1.90 bits per heavy atom. The lowest BCUT2D eigenvalue weighted by Gasteiger charge is -2.31. The van der Waals surface area contributed by atoms with Gasteiger partial charge in [-0.2, -0.15) is 18.3 Å². The Morgan fingerprint density at radius 1 is 1.18 bits per heavy atom. The molecule has 2 saturated heterocycles. The number of rotatable bonds is 5. The molecule has 4 N–H and O–H groups in total. The van der Waals surface area contributed by atoms with Crippen molar-refractivity contribution < 1.29 is 37.3 Å². The van der Waals surface area contributed by atoms with Crippen molar-refractivity contribution in [1.29, 1.82) is 0 Å². The van der Waals surface area contributed by atoms with Crippen molar-refractivity contribution in [2.24, 2.45) is 5.73 Å². The number of fused-ring (bicyclic) bond motifs is 1. The van der Waals surface area contributed by atoms with Crippen molar-refractivity contribution in [3.05, 3.63) is 42.2 Å². The number of alkyl halides is 3. The second kappa shape index (κ2) is 12.4. The van der Waals surface area contributed by atoms with Gasteiger partial charge in [0.15, 0.2) is 5.65 Å². The van der Waals surface area contributed by atoms with Gasteiger partial charge < -0.3 is 35.4 Å². The highest BCUT2D eigenvalue weighted by Gasteiger charge is 2.38. The summed E-state index contributed by atoms with van der Waals surface area (Å²) in [5, 5.41) is 14.4. The Hall–Kier alpha value is -4.11. The maximum atomic E-state index is 13.1.